The third-order valence-corrected chi connectivity index (χ3v) is 6.19. The highest BCUT2D eigenvalue weighted by molar-refractivity contribution is 4.90. The smallest absolute Gasteiger partial charge is 0.0707 e. The second-order valence-electron chi connectivity index (χ2n) is 7.72. The minimum atomic E-state index is 0.179. The predicted octanol–water partition coefficient (Wildman–Crippen LogP) is 5.74. The van der Waals surface area contributed by atoms with E-state index in [1.165, 1.54) is 83.5 Å². The van der Waals surface area contributed by atoms with Crippen molar-refractivity contribution in [2.75, 3.05) is 20.3 Å². The van der Waals surface area contributed by atoms with Gasteiger partial charge in [-0.15, -0.1) is 0 Å². The number of hydrogen-bond donors (Lipinski definition) is 0. The van der Waals surface area contributed by atoms with E-state index in [1.54, 1.807) is 7.11 Å². The lowest BCUT2D eigenvalue weighted by Gasteiger charge is -2.43. The van der Waals surface area contributed by atoms with Gasteiger partial charge in [0.2, 0.25) is 0 Å². The van der Waals surface area contributed by atoms with Gasteiger partial charge in [-0.25, -0.2) is 0 Å². The quantitative estimate of drug-likeness (QED) is 0.506. The molecule has 0 N–H and O–H groups in total. The van der Waals surface area contributed by atoms with Crippen LogP contribution in [0.1, 0.15) is 90.4 Å². The van der Waals surface area contributed by atoms with E-state index in [0.29, 0.717) is 0 Å². The van der Waals surface area contributed by atoms with Crippen LogP contribution in [0.3, 0.4) is 0 Å². The standard InChI is InChI=1S/C20H38O2/c1-3-4-8-13-20(22-17-16-21-2)14-11-19(12-15-20)18-9-6-5-7-10-18/h18-19H,3-17H2,1-2H3/t19-,20-. The minimum Gasteiger partial charge on any atom is -0.382 e. The van der Waals surface area contributed by atoms with E-state index < -0.39 is 0 Å². The SMILES string of the molecule is CCCCC[C@]1(OCCOC)CC[C@H](C2CCCCC2)CC1. The van der Waals surface area contributed by atoms with Crippen LogP contribution in [0.4, 0.5) is 0 Å². The van der Waals surface area contributed by atoms with Crippen LogP contribution in [-0.2, 0) is 9.47 Å². The summed E-state index contributed by atoms with van der Waals surface area (Å²) in [6.07, 6.45) is 18.1. The number of rotatable bonds is 9. The molecule has 0 heterocycles. The first-order valence-corrected chi connectivity index (χ1v) is 9.92. The molecule has 2 aliphatic carbocycles. The fourth-order valence-electron chi connectivity index (χ4n) is 4.75. The fourth-order valence-corrected chi connectivity index (χ4v) is 4.75. The number of methoxy groups -OCH3 is 1. The Labute approximate surface area is 138 Å². The van der Waals surface area contributed by atoms with Crippen LogP contribution in [0.2, 0.25) is 0 Å². The topological polar surface area (TPSA) is 18.5 Å². The predicted molar refractivity (Wildman–Crippen MR) is 93.2 cm³/mol. The average molecular weight is 311 g/mol. The van der Waals surface area contributed by atoms with Gasteiger partial charge >= 0.3 is 0 Å². The number of hydrogen-bond acceptors (Lipinski definition) is 2. The van der Waals surface area contributed by atoms with Crippen LogP contribution in [0.25, 0.3) is 0 Å². The first-order chi connectivity index (χ1) is 10.8. The Bertz CT molecular complexity index is 263. The highest BCUT2D eigenvalue weighted by Gasteiger charge is 2.38. The largest absolute Gasteiger partial charge is 0.382 e. The van der Waals surface area contributed by atoms with Gasteiger partial charge in [-0.1, -0.05) is 58.3 Å². The van der Waals surface area contributed by atoms with Gasteiger partial charge in [0.05, 0.1) is 18.8 Å². The van der Waals surface area contributed by atoms with Gasteiger partial charge in [0.15, 0.2) is 0 Å². The highest BCUT2D eigenvalue weighted by Crippen LogP contribution is 2.44. The van der Waals surface area contributed by atoms with Crippen molar-refractivity contribution in [1.82, 2.24) is 0 Å². The third-order valence-electron chi connectivity index (χ3n) is 6.19. The maximum atomic E-state index is 6.37. The summed E-state index contributed by atoms with van der Waals surface area (Å²) in [5.41, 5.74) is 0.179. The van der Waals surface area contributed by atoms with Gasteiger partial charge in [-0.05, 0) is 43.9 Å². The molecule has 0 bridgehead atoms. The molecule has 0 spiro atoms. The minimum absolute atomic E-state index is 0.179. The lowest BCUT2D eigenvalue weighted by atomic mass is 9.68. The van der Waals surface area contributed by atoms with E-state index in [-0.39, 0.29) is 5.60 Å². The summed E-state index contributed by atoms with van der Waals surface area (Å²) >= 11 is 0. The Morgan fingerprint density at radius 2 is 1.55 bits per heavy atom. The lowest BCUT2D eigenvalue weighted by Crippen LogP contribution is -2.39. The van der Waals surface area contributed by atoms with E-state index in [1.807, 2.05) is 0 Å². The molecule has 0 aliphatic heterocycles. The van der Waals surface area contributed by atoms with Crippen molar-refractivity contribution in [1.29, 1.82) is 0 Å². The molecule has 0 amide bonds. The van der Waals surface area contributed by atoms with Crippen molar-refractivity contribution in [3.63, 3.8) is 0 Å². The maximum absolute atomic E-state index is 6.37. The first kappa shape index (κ1) is 18.3. The van der Waals surface area contributed by atoms with Gasteiger partial charge < -0.3 is 9.47 Å². The second kappa shape index (κ2) is 9.93. The van der Waals surface area contributed by atoms with Gasteiger partial charge in [0.1, 0.15) is 0 Å². The summed E-state index contributed by atoms with van der Waals surface area (Å²) in [6.45, 7) is 3.80. The molecule has 2 saturated carbocycles. The van der Waals surface area contributed by atoms with E-state index in [4.69, 9.17) is 9.47 Å². The fraction of sp³-hybridized carbons (Fsp3) is 1.00. The Balaban J connectivity index is 1.82. The summed E-state index contributed by atoms with van der Waals surface area (Å²) in [7, 11) is 1.77. The van der Waals surface area contributed by atoms with Crippen LogP contribution in [-0.4, -0.2) is 25.9 Å². The second-order valence-corrected chi connectivity index (χ2v) is 7.72. The Hall–Kier alpha value is -0.0800. The van der Waals surface area contributed by atoms with Gasteiger partial charge in [-0.3, -0.25) is 0 Å². The molecule has 2 aliphatic rings. The molecular formula is C20H38O2. The summed E-state index contributed by atoms with van der Waals surface area (Å²) in [6, 6.07) is 0. The van der Waals surface area contributed by atoms with Crippen molar-refractivity contribution in [2.24, 2.45) is 11.8 Å². The molecule has 2 heteroatoms. The van der Waals surface area contributed by atoms with E-state index in [2.05, 4.69) is 6.92 Å². The average Bonchev–Trinajstić information content (AvgIpc) is 2.57. The summed E-state index contributed by atoms with van der Waals surface area (Å²) in [5, 5.41) is 0. The molecular weight excluding hydrogens is 272 g/mol. The monoisotopic (exact) mass is 310 g/mol. The van der Waals surface area contributed by atoms with Crippen LogP contribution < -0.4 is 0 Å². The molecule has 22 heavy (non-hydrogen) atoms. The molecule has 0 aromatic heterocycles. The van der Waals surface area contributed by atoms with Gasteiger partial charge in [0, 0.05) is 7.11 Å². The van der Waals surface area contributed by atoms with Gasteiger partial charge in [0.25, 0.3) is 0 Å². The number of unbranched alkanes of at least 4 members (excludes halogenated alkanes) is 2. The third kappa shape index (κ3) is 5.53. The zero-order chi connectivity index (χ0) is 15.7. The maximum Gasteiger partial charge on any atom is 0.0707 e. The Morgan fingerprint density at radius 1 is 0.864 bits per heavy atom. The normalized spacial score (nSPS) is 30.5. The molecule has 0 aromatic rings. The molecule has 130 valence electrons. The molecule has 2 rings (SSSR count). The summed E-state index contributed by atoms with van der Waals surface area (Å²) in [5.74, 6) is 2.02. The van der Waals surface area contributed by atoms with Crippen LogP contribution >= 0.6 is 0 Å². The summed E-state index contributed by atoms with van der Waals surface area (Å²) < 4.78 is 11.6. The van der Waals surface area contributed by atoms with E-state index in [0.717, 1.165) is 25.0 Å². The Morgan fingerprint density at radius 3 is 2.18 bits per heavy atom. The van der Waals surface area contributed by atoms with Crippen molar-refractivity contribution in [3.05, 3.63) is 0 Å². The van der Waals surface area contributed by atoms with Crippen LogP contribution in [0.15, 0.2) is 0 Å². The Kier molecular flexibility index (Phi) is 8.24. The van der Waals surface area contributed by atoms with Crippen molar-refractivity contribution in [2.45, 2.75) is 96.0 Å². The molecule has 0 unspecified atom stereocenters. The van der Waals surface area contributed by atoms with Crippen LogP contribution in [0.5, 0.6) is 0 Å². The van der Waals surface area contributed by atoms with E-state index in [9.17, 15) is 0 Å². The number of ether oxygens (including phenoxy) is 2. The molecule has 0 aromatic carbocycles. The molecule has 2 nitrogen and oxygen atoms in total. The molecule has 0 radical (unpaired) electrons. The zero-order valence-corrected chi connectivity index (χ0v) is 15.1. The molecule has 0 saturated heterocycles. The van der Waals surface area contributed by atoms with Crippen LogP contribution in [0, 0.1) is 11.8 Å². The van der Waals surface area contributed by atoms with E-state index >= 15 is 0 Å². The zero-order valence-electron chi connectivity index (χ0n) is 15.1. The first-order valence-electron chi connectivity index (χ1n) is 9.92. The molecule has 0 atom stereocenters. The van der Waals surface area contributed by atoms with Gasteiger partial charge in [-0.2, -0.15) is 0 Å². The molecule has 2 fully saturated rings. The van der Waals surface area contributed by atoms with Crippen molar-refractivity contribution in [3.8, 4) is 0 Å². The van der Waals surface area contributed by atoms with Crippen molar-refractivity contribution < 1.29 is 9.47 Å². The van der Waals surface area contributed by atoms with Crippen molar-refractivity contribution >= 4 is 0 Å². The summed E-state index contributed by atoms with van der Waals surface area (Å²) in [4.78, 5) is 0. The lowest BCUT2D eigenvalue weighted by molar-refractivity contribution is -0.101. The highest BCUT2D eigenvalue weighted by atomic mass is 16.5.